The van der Waals surface area contributed by atoms with Gasteiger partial charge in [0, 0.05) is 19.2 Å². The number of nitrogens with zero attached hydrogens (tertiary/aromatic N) is 1. The fourth-order valence-corrected chi connectivity index (χ4v) is 2.87. The fourth-order valence-electron chi connectivity index (χ4n) is 2.87. The Morgan fingerprint density at radius 1 is 1.28 bits per heavy atom. The molecule has 1 aromatic heterocycles. The molecule has 0 amide bonds. The minimum Gasteiger partial charge on any atom is -0.493 e. The van der Waals surface area contributed by atoms with Crippen LogP contribution in [0.4, 0.5) is 0 Å². The first-order valence-electron chi connectivity index (χ1n) is 8.38. The second-order valence-corrected chi connectivity index (χ2v) is 5.84. The van der Waals surface area contributed by atoms with E-state index in [0.29, 0.717) is 18.5 Å². The molecular weight excluding hydrogens is 318 g/mol. The lowest BCUT2D eigenvalue weighted by atomic mass is 10.1. The van der Waals surface area contributed by atoms with E-state index in [1.165, 1.54) is 0 Å². The van der Waals surface area contributed by atoms with Crippen LogP contribution in [0.15, 0.2) is 47.4 Å². The molecule has 1 aromatic carbocycles. The number of esters is 1. The van der Waals surface area contributed by atoms with E-state index in [2.05, 4.69) is 0 Å². The average Bonchev–Trinajstić information content (AvgIpc) is 3.07. The summed E-state index contributed by atoms with van der Waals surface area (Å²) >= 11 is 0. The largest absolute Gasteiger partial charge is 0.493 e. The zero-order chi connectivity index (χ0) is 17.8. The van der Waals surface area contributed by atoms with E-state index in [0.717, 1.165) is 23.3 Å². The van der Waals surface area contributed by atoms with E-state index in [9.17, 15) is 9.59 Å². The maximum atomic E-state index is 12.8. The Kier molecular flexibility index (Phi) is 5.03. The first-order chi connectivity index (χ1) is 12.2. The van der Waals surface area contributed by atoms with Gasteiger partial charge in [-0.1, -0.05) is 24.3 Å². The quantitative estimate of drug-likeness (QED) is 0.620. The molecule has 0 saturated heterocycles. The van der Waals surface area contributed by atoms with E-state index >= 15 is 0 Å². The summed E-state index contributed by atoms with van der Waals surface area (Å²) in [6.45, 7) is 5.11. The number of carbonyl (C=O) groups is 1. The number of benzene rings is 1. The van der Waals surface area contributed by atoms with Gasteiger partial charge in [-0.25, -0.2) is 4.79 Å². The van der Waals surface area contributed by atoms with E-state index < -0.39 is 5.97 Å². The van der Waals surface area contributed by atoms with Gasteiger partial charge in [-0.05, 0) is 31.5 Å². The Morgan fingerprint density at radius 3 is 2.84 bits per heavy atom. The summed E-state index contributed by atoms with van der Waals surface area (Å²) in [4.78, 5) is 25.1. The molecule has 5 heteroatoms. The van der Waals surface area contributed by atoms with Crippen molar-refractivity contribution in [1.82, 2.24) is 4.57 Å². The summed E-state index contributed by atoms with van der Waals surface area (Å²) < 4.78 is 12.6. The fraction of sp³-hybridized carbons (Fsp3) is 0.300. The standard InChI is InChI=1S/C20H21NO4/c1-3-5-8-21-13-16(20(23)25-9-6-4-2)19(22)15-12-18-14(7-10-24-18)11-17(15)21/h3-6,11-13H,7-10H2,1-2H3. The maximum Gasteiger partial charge on any atom is 0.343 e. The molecular formula is C20H21NO4. The first-order valence-corrected chi connectivity index (χ1v) is 8.38. The molecule has 2 aromatic rings. The molecule has 0 radical (unpaired) electrons. The van der Waals surface area contributed by atoms with Crippen LogP contribution in [0.25, 0.3) is 10.9 Å². The second kappa shape index (κ2) is 7.38. The third-order valence-corrected chi connectivity index (χ3v) is 4.20. The molecule has 0 saturated carbocycles. The molecule has 1 aliphatic rings. The predicted molar refractivity (Wildman–Crippen MR) is 97.3 cm³/mol. The maximum absolute atomic E-state index is 12.8. The van der Waals surface area contributed by atoms with Gasteiger partial charge in [-0.3, -0.25) is 4.79 Å². The molecule has 25 heavy (non-hydrogen) atoms. The van der Waals surface area contributed by atoms with Crippen molar-refractivity contribution in [2.45, 2.75) is 26.8 Å². The highest BCUT2D eigenvalue weighted by Gasteiger charge is 2.20. The van der Waals surface area contributed by atoms with Crippen molar-refractivity contribution in [3.8, 4) is 5.75 Å². The Balaban J connectivity index is 2.14. The smallest absolute Gasteiger partial charge is 0.343 e. The Morgan fingerprint density at radius 2 is 2.08 bits per heavy atom. The molecule has 0 unspecified atom stereocenters. The summed E-state index contributed by atoms with van der Waals surface area (Å²) in [6, 6.07) is 3.73. The third kappa shape index (κ3) is 3.36. The second-order valence-electron chi connectivity index (χ2n) is 5.84. The van der Waals surface area contributed by atoms with E-state index in [4.69, 9.17) is 9.47 Å². The minimum absolute atomic E-state index is 0.0412. The van der Waals surface area contributed by atoms with Crippen LogP contribution in [0.5, 0.6) is 5.75 Å². The third-order valence-electron chi connectivity index (χ3n) is 4.20. The molecule has 0 atom stereocenters. The molecule has 5 nitrogen and oxygen atoms in total. The van der Waals surface area contributed by atoms with E-state index in [1.54, 1.807) is 24.4 Å². The lowest BCUT2D eigenvalue weighted by Gasteiger charge is -2.13. The van der Waals surface area contributed by atoms with Gasteiger partial charge in [-0.15, -0.1) is 0 Å². The van der Waals surface area contributed by atoms with Gasteiger partial charge < -0.3 is 14.0 Å². The van der Waals surface area contributed by atoms with Crippen molar-refractivity contribution >= 4 is 16.9 Å². The normalized spacial score (nSPS) is 13.5. The number of carbonyl (C=O) groups excluding carboxylic acids is 1. The number of hydrogen-bond donors (Lipinski definition) is 0. The van der Waals surface area contributed by atoms with Crippen molar-refractivity contribution < 1.29 is 14.3 Å². The summed E-state index contributed by atoms with van der Waals surface area (Å²) in [7, 11) is 0. The van der Waals surface area contributed by atoms with Gasteiger partial charge in [0.05, 0.1) is 17.5 Å². The lowest BCUT2D eigenvalue weighted by Crippen LogP contribution is -2.21. The first kappa shape index (κ1) is 17.0. The SMILES string of the molecule is CC=CCOC(=O)c1cn(CC=CC)c2cc3c(cc2c1=O)OCC3. The van der Waals surface area contributed by atoms with Gasteiger partial charge in [0.15, 0.2) is 0 Å². The molecule has 0 spiro atoms. The van der Waals surface area contributed by atoms with Crippen molar-refractivity contribution in [3.63, 3.8) is 0 Å². The number of hydrogen-bond acceptors (Lipinski definition) is 4. The van der Waals surface area contributed by atoms with Gasteiger partial charge >= 0.3 is 5.97 Å². The van der Waals surface area contributed by atoms with Crippen LogP contribution in [-0.2, 0) is 17.7 Å². The number of allylic oxidation sites excluding steroid dienone is 3. The average molecular weight is 339 g/mol. The Bertz CT molecular complexity index is 921. The van der Waals surface area contributed by atoms with Crippen molar-refractivity contribution in [2.75, 3.05) is 13.2 Å². The Hall–Kier alpha value is -2.82. The minimum atomic E-state index is -0.611. The van der Waals surface area contributed by atoms with Crippen LogP contribution < -0.4 is 10.2 Å². The molecule has 130 valence electrons. The molecule has 2 heterocycles. The summed E-state index contributed by atoms with van der Waals surface area (Å²) in [6.07, 6.45) is 9.84. The van der Waals surface area contributed by atoms with Gasteiger partial charge in [-0.2, -0.15) is 0 Å². The van der Waals surface area contributed by atoms with Gasteiger partial charge in [0.25, 0.3) is 0 Å². The monoisotopic (exact) mass is 339 g/mol. The molecule has 3 rings (SSSR count). The van der Waals surface area contributed by atoms with Gasteiger partial charge in [0.1, 0.15) is 17.9 Å². The number of fused-ring (bicyclic) bond motifs is 2. The predicted octanol–water partition coefficient (Wildman–Crippen LogP) is 3.25. The highest BCUT2D eigenvalue weighted by Crippen LogP contribution is 2.29. The molecule has 1 aliphatic heterocycles. The zero-order valence-electron chi connectivity index (χ0n) is 14.5. The molecule has 0 fully saturated rings. The summed E-state index contributed by atoms with van der Waals surface area (Å²) in [5.74, 6) is 0.113. The van der Waals surface area contributed by atoms with Gasteiger partial charge in [0.2, 0.25) is 5.43 Å². The molecule has 0 bridgehead atoms. The van der Waals surface area contributed by atoms with Crippen LogP contribution in [-0.4, -0.2) is 23.8 Å². The molecule has 0 N–H and O–H groups in total. The number of pyridine rings is 1. The Labute approximate surface area is 146 Å². The van der Waals surface area contributed by atoms with Crippen molar-refractivity contribution in [2.24, 2.45) is 0 Å². The van der Waals surface area contributed by atoms with Crippen LogP contribution in [0.2, 0.25) is 0 Å². The molecule has 0 aliphatic carbocycles. The van der Waals surface area contributed by atoms with Crippen LogP contribution in [0.1, 0.15) is 29.8 Å². The lowest BCUT2D eigenvalue weighted by molar-refractivity contribution is 0.0547. The van der Waals surface area contributed by atoms with Crippen LogP contribution >= 0.6 is 0 Å². The number of ether oxygens (including phenoxy) is 2. The van der Waals surface area contributed by atoms with Crippen LogP contribution in [0, 0.1) is 0 Å². The number of rotatable bonds is 5. The highest BCUT2D eigenvalue weighted by atomic mass is 16.5. The summed E-state index contributed by atoms with van der Waals surface area (Å²) in [5.41, 5.74) is 1.61. The topological polar surface area (TPSA) is 57.5 Å². The summed E-state index contributed by atoms with van der Waals surface area (Å²) in [5, 5.41) is 0.477. The zero-order valence-corrected chi connectivity index (χ0v) is 14.5. The van der Waals surface area contributed by atoms with E-state index in [1.807, 2.05) is 36.6 Å². The van der Waals surface area contributed by atoms with Crippen molar-refractivity contribution in [3.05, 3.63) is 64.0 Å². The van der Waals surface area contributed by atoms with Crippen molar-refractivity contribution in [1.29, 1.82) is 0 Å². The number of aromatic nitrogens is 1. The van der Waals surface area contributed by atoms with E-state index in [-0.39, 0.29) is 17.6 Å². The highest BCUT2D eigenvalue weighted by molar-refractivity contribution is 5.94. The van der Waals surface area contributed by atoms with Crippen LogP contribution in [0.3, 0.4) is 0 Å².